The summed E-state index contributed by atoms with van der Waals surface area (Å²) in [5.41, 5.74) is 1.79. The van der Waals surface area contributed by atoms with E-state index in [1.807, 2.05) is 13.0 Å². The highest BCUT2D eigenvalue weighted by molar-refractivity contribution is 5.04. The molecule has 0 spiro atoms. The van der Waals surface area contributed by atoms with Gasteiger partial charge in [-0.1, -0.05) is 0 Å². The lowest BCUT2D eigenvalue weighted by Crippen LogP contribution is -1.94. The van der Waals surface area contributed by atoms with E-state index in [0.29, 0.717) is 6.61 Å². The van der Waals surface area contributed by atoms with Gasteiger partial charge < -0.3 is 4.74 Å². The van der Waals surface area contributed by atoms with Crippen LogP contribution < -0.4 is 0 Å². The molecule has 0 saturated heterocycles. The molecule has 1 rings (SSSR count). The molecular weight excluding hydrogens is 128 g/mol. The standard InChI is InChI=1S/C7H9N2O/c1-6-3-7(4-10-2)9-5-8-6/h3H,4H2,1-2H3. The number of aromatic nitrogens is 2. The van der Waals surface area contributed by atoms with Crippen LogP contribution in [0.15, 0.2) is 6.07 Å². The van der Waals surface area contributed by atoms with E-state index in [9.17, 15) is 0 Å². The first-order chi connectivity index (χ1) is 4.83. The minimum Gasteiger partial charge on any atom is -0.378 e. The highest BCUT2D eigenvalue weighted by Crippen LogP contribution is 1.96. The molecule has 0 N–H and O–H groups in total. The zero-order chi connectivity index (χ0) is 7.40. The fourth-order valence-corrected chi connectivity index (χ4v) is 0.696. The summed E-state index contributed by atoms with van der Waals surface area (Å²) in [5, 5.41) is 0. The van der Waals surface area contributed by atoms with Crippen molar-refractivity contribution in [1.29, 1.82) is 0 Å². The molecule has 0 amide bonds. The fourth-order valence-electron chi connectivity index (χ4n) is 0.696. The number of ether oxygens (including phenoxy) is 1. The van der Waals surface area contributed by atoms with Gasteiger partial charge in [0.2, 0.25) is 0 Å². The SMILES string of the molecule is COCc1cc(C)n[c]n1. The van der Waals surface area contributed by atoms with Gasteiger partial charge in [-0.3, -0.25) is 0 Å². The van der Waals surface area contributed by atoms with E-state index in [1.54, 1.807) is 7.11 Å². The third kappa shape index (κ3) is 1.77. The molecule has 0 unspecified atom stereocenters. The first-order valence-electron chi connectivity index (χ1n) is 3.02. The van der Waals surface area contributed by atoms with E-state index in [0.717, 1.165) is 11.4 Å². The maximum absolute atomic E-state index is 4.87. The molecule has 0 aliphatic rings. The Balaban J connectivity index is 2.75. The van der Waals surface area contributed by atoms with E-state index in [2.05, 4.69) is 16.3 Å². The van der Waals surface area contributed by atoms with Gasteiger partial charge in [-0.05, 0) is 13.0 Å². The molecule has 3 nitrogen and oxygen atoms in total. The van der Waals surface area contributed by atoms with Crippen LogP contribution in [-0.2, 0) is 11.3 Å². The number of hydrogen-bond acceptors (Lipinski definition) is 3. The largest absolute Gasteiger partial charge is 0.378 e. The summed E-state index contributed by atoms with van der Waals surface area (Å²) in [5.74, 6) is 0. The lowest BCUT2D eigenvalue weighted by Gasteiger charge is -1.96. The summed E-state index contributed by atoms with van der Waals surface area (Å²) in [7, 11) is 1.64. The van der Waals surface area contributed by atoms with Crippen molar-refractivity contribution in [3.05, 3.63) is 23.8 Å². The molecule has 0 fully saturated rings. The quantitative estimate of drug-likeness (QED) is 0.602. The van der Waals surface area contributed by atoms with Crippen molar-refractivity contribution in [2.24, 2.45) is 0 Å². The van der Waals surface area contributed by atoms with Gasteiger partial charge in [-0.25, -0.2) is 9.97 Å². The van der Waals surface area contributed by atoms with Gasteiger partial charge in [0, 0.05) is 12.8 Å². The Morgan fingerprint density at radius 2 is 2.40 bits per heavy atom. The highest BCUT2D eigenvalue weighted by Gasteiger charge is 1.92. The summed E-state index contributed by atoms with van der Waals surface area (Å²) >= 11 is 0. The van der Waals surface area contributed by atoms with Gasteiger partial charge in [0.25, 0.3) is 0 Å². The zero-order valence-corrected chi connectivity index (χ0v) is 6.09. The summed E-state index contributed by atoms with van der Waals surface area (Å²) in [6.07, 6.45) is 2.53. The predicted octanol–water partition coefficient (Wildman–Crippen LogP) is 0.732. The maximum atomic E-state index is 4.87. The maximum Gasteiger partial charge on any atom is 0.198 e. The molecule has 1 heterocycles. The first kappa shape index (κ1) is 7.15. The monoisotopic (exact) mass is 137 g/mol. The summed E-state index contributed by atoms with van der Waals surface area (Å²) in [6.45, 7) is 2.43. The molecule has 1 aromatic heterocycles. The number of nitrogens with zero attached hydrogens (tertiary/aromatic N) is 2. The second kappa shape index (κ2) is 3.27. The molecule has 0 aromatic carbocycles. The molecule has 53 valence electrons. The third-order valence-corrected chi connectivity index (χ3v) is 1.09. The topological polar surface area (TPSA) is 35.0 Å². The van der Waals surface area contributed by atoms with Crippen LogP contribution in [0.2, 0.25) is 0 Å². The second-order valence-electron chi connectivity index (χ2n) is 2.03. The average molecular weight is 137 g/mol. The van der Waals surface area contributed by atoms with Crippen molar-refractivity contribution in [2.75, 3.05) is 7.11 Å². The van der Waals surface area contributed by atoms with E-state index in [1.165, 1.54) is 0 Å². The molecule has 1 radical (unpaired) electrons. The van der Waals surface area contributed by atoms with Crippen LogP contribution in [0.4, 0.5) is 0 Å². The summed E-state index contributed by atoms with van der Waals surface area (Å²) in [4.78, 5) is 7.70. The molecule has 0 atom stereocenters. The first-order valence-corrected chi connectivity index (χ1v) is 3.02. The van der Waals surface area contributed by atoms with Crippen LogP contribution >= 0.6 is 0 Å². The Morgan fingerprint density at radius 3 is 3.00 bits per heavy atom. The van der Waals surface area contributed by atoms with Crippen molar-refractivity contribution < 1.29 is 4.74 Å². The average Bonchev–Trinajstić information content (AvgIpc) is 1.88. The van der Waals surface area contributed by atoms with Crippen LogP contribution in [-0.4, -0.2) is 17.1 Å². The minimum absolute atomic E-state index is 0.528. The van der Waals surface area contributed by atoms with Crippen LogP contribution in [0.3, 0.4) is 0 Å². The van der Waals surface area contributed by atoms with Crippen molar-refractivity contribution in [2.45, 2.75) is 13.5 Å². The predicted molar refractivity (Wildman–Crippen MR) is 36.3 cm³/mol. The van der Waals surface area contributed by atoms with Gasteiger partial charge in [-0.15, -0.1) is 0 Å². The summed E-state index contributed by atoms with van der Waals surface area (Å²) < 4.78 is 4.87. The minimum atomic E-state index is 0.528. The Labute approximate surface area is 60.1 Å². The van der Waals surface area contributed by atoms with E-state index in [-0.39, 0.29) is 0 Å². The second-order valence-corrected chi connectivity index (χ2v) is 2.03. The van der Waals surface area contributed by atoms with E-state index < -0.39 is 0 Å². The van der Waals surface area contributed by atoms with E-state index in [4.69, 9.17) is 4.74 Å². The van der Waals surface area contributed by atoms with Gasteiger partial charge >= 0.3 is 0 Å². The fraction of sp³-hybridized carbons (Fsp3) is 0.429. The molecule has 0 aliphatic carbocycles. The van der Waals surface area contributed by atoms with Crippen molar-refractivity contribution in [3.8, 4) is 0 Å². The Bertz CT molecular complexity index is 213. The van der Waals surface area contributed by atoms with Crippen LogP contribution in [0.25, 0.3) is 0 Å². The Hall–Kier alpha value is -0.960. The Morgan fingerprint density at radius 1 is 1.60 bits per heavy atom. The van der Waals surface area contributed by atoms with E-state index >= 15 is 0 Å². The van der Waals surface area contributed by atoms with Crippen molar-refractivity contribution in [3.63, 3.8) is 0 Å². The molecule has 0 aliphatic heterocycles. The number of aryl methyl sites for hydroxylation is 1. The molecule has 3 heteroatoms. The van der Waals surface area contributed by atoms with Crippen LogP contribution in [0.1, 0.15) is 11.4 Å². The normalized spacial score (nSPS) is 9.80. The lowest BCUT2D eigenvalue weighted by atomic mass is 10.3. The molecule has 1 aromatic rings. The molecule has 0 bridgehead atoms. The van der Waals surface area contributed by atoms with Crippen molar-refractivity contribution >= 4 is 0 Å². The van der Waals surface area contributed by atoms with Gasteiger partial charge in [-0.2, -0.15) is 0 Å². The zero-order valence-electron chi connectivity index (χ0n) is 6.09. The van der Waals surface area contributed by atoms with Crippen LogP contribution in [0.5, 0.6) is 0 Å². The van der Waals surface area contributed by atoms with Gasteiger partial charge in [0.15, 0.2) is 6.33 Å². The molecule has 10 heavy (non-hydrogen) atoms. The smallest absolute Gasteiger partial charge is 0.198 e. The van der Waals surface area contributed by atoms with Gasteiger partial charge in [0.05, 0.1) is 12.3 Å². The summed E-state index contributed by atoms with van der Waals surface area (Å²) in [6, 6.07) is 1.88. The highest BCUT2D eigenvalue weighted by atomic mass is 16.5. The number of methoxy groups -OCH3 is 1. The van der Waals surface area contributed by atoms with Crippen LogP contribution in [0, 0.1) is 13.3 Å². The third-order valence-electron chi connectivity index (χ3n) is 1.09. The lowest BCUT2D eigenvalue weighted by molar-refractivity contribution is 0.181. The number of hydrogen-bond donors (Lipinski definition) is 0. The Kier molecular flexibility index (Phi) is 2.34. The van der Waals surface area contributed by atoms with Gasteiger partial charge in [0.1, 0.15) is 0 Å². The van der Waals surface area contributed by atoms with Crippen molar-refractivity contribution in [1.82, 2.24) is 9.97 Å². The molecule has 0 saturated carbocycles. The molecular formula is C7H9N2O. The number of rotatable bonds is 2.